The van der Waals surface area contributed by atoms with Gasteiger partial charge in [-0.2, -0.15) is 0 Å². The fourth-order valence-electron chi connectivity index (χ4n) is 2.27. The van der Waals surface area contributed by atoms with Crippen LogP contribution in [-0.2, 0) is 11.2 Å². The van der Waals surface area contributed by atoms with E-state index in [0.29, 0.717) is 25.0 Å². The second-order valence-corrected chi connectivity index (χ2v) is 4.64. The maximum atomic E-state index is 12.1. The SMILES string of the molecule is O=C(O)C1(C(=O)c2ccc3c(c2)CCO3)CC1. The molecule has 1 aliphatic carbocycles. The number of ether oxygens (including phenoxy) is 1. The average Bonchev–Trinajstić information content (AvgIpc) is 3.00. The molecule has 0 spiro atoms. The summed E-state index contributed by atoms with van der Waals surface area (Å²) in [4.78, 5) is 23.2. The van der Waals surface area contributed by atoms with E-state index in [1.165, 1.54) is 0 Å². The molecule has 1 aromatic rings. The smallest absolute Gasteiger partial charge is 0.317 e. The molecule has 4 heteroatoms. The van der Waals surface area contributed by atoms with Crippen molar-refractivity contribution in [3.63, 3.8) is 0 Å². The van der Waals surface area contributed by atoms with Gasteiger partial charge in [-0.25, -0.2) is 0 Å². The summed E-state index contributed by atoms with van der Waals surface area (Å²) >= 11 is 0. The zero-order valence-corrected chi connectivity index (χ0v) is 9.23. The van der Waals surface area contributed by atoms with Gasteiger partial charge < -0.3 is 9.84 Å². The topological polar surface area (TPSA) is 63.6 Å². The lowest BCUT2D eigenvalue weighted by Crippen LogP contribution is -2.25. The van der Waals surface area contributed by atoms with Crippen molar-refractivity contribution in [2.45, 2.75) is 19.3 Å². The fourth-order valence-corrected chi connectivity index (χ4v) is 2.27. The number of carbonyl (C=O) groups excluding carboxylic acids is 1. The van der Waals surface area contributed by atoms with Gasteiger partial charge in [-0.3, -0.25) is 9.59 Å². The van der Waals surface area contributed by atoms with Gasteiger partial charge in [0.1, 0.15) is 11.2 Å². The monoisotopic (exact) mass is 232 g/mol. The third-order valence-electron chi connectivity index (χ3n) is 3.55. The number of rotatable bonds is 3. The molecular weight excluding hydrogens is 220 g/mol. The van der Waals surface area contributed by atoms with Gasteiger partial charge in [-0.05, 0) is 36.6 Å². The number of hydrogen-bond acceptors (Lipinski definition) is 3. The minimum atomic E-state index is -1.15. The molecule has 88 valence electrons. The first-order valence-electron chi connectivity index (χ1n) is 5.67. The van der Waals surface area contributed by atoms with Crippen LogP contribution in [0, 0.1) is 5.41 Å². The number of hydrogen-bond donors (Lipinski definition) is 1. The minimum Gasteiger partial charge on any atom is -0.493 e. The Labute approximate surface area is 98.2 Å². The van der Waals surface area contributed by atoms with Crippen LogP contribution in [0.25, 0.3) is 0 Å². The second-order valence-electron chi connectivity index (χ2n) is 4.64. The van der Waals surface area contributed by atoms with Crippen LogP contribution in [0.3, 0.4) is 0 Å². The highest BCUT2D eigenvalue weighted by atomic mass is 16.5. The molecule has 1 aromatic carbocycles. The zero-order valence-electron chi connectivity index (χ0n) is 9.23. The highest BCUT2D eigenvalue weighted by Gasteiger charge is 2.56. The molecule has 2 aliphatic rings. The number of carboxylic acid groups (broad SMARTS) is 1. The molecule has 3 rings (SSSR count). The highest BCUT2D eigenvalue weighted by Crippen LogP contribution is 2.48. The summed E-state index contributed by atoms with van der Waals surface area (Å²) in [5, 5.41) is 9.08. The van der Waals surface area contributed by atoms with Crippen LogP contribution >= 0.6 is 0 Å². The minimum absolute atomic E-state index is 0.264. The third-order valence-corrected chi connectivity index (χ3v) is 3.55. The van der Waals surface area contributed by atoms with Gasteiger partial charge in [0.2, 0.25) is 0 Å². The highest BCUT2D eigenvalue weighted by molar-refractivity contribution is 6.14. The second kappa shape index (κ2) is 3.32. The zero-order chi connectivity index (χ0) is 12.0. The molecule has 0 atom stereocenters. The van der Waals surface area contributed by atoms with E-state index >= 15 is 0 Å². The maximum Gasteiger partial charge on any atom is 0.317 e. The molecule has 0 unspecified atom stereocenters. The number of carboxylic acids is 1. The Bertz CT molecular complexity index is 514. The number of ketones is 1. The Balaban J connectivity index is 1.95. The van der Waals surface area contributed by atoms with E-state index in [1.54, 1.807) is 18.2 Å². The summed E-state index contributed by atoms with van der Waals surface area (Å²) in [6, 6.07) is 5.19. The van der Waals surface area contributed by atoms with Gasteiger partial charge in [0, 0.05) is 12.0 Å². The molecule has 1 N–H and O–H groups in total. The molecule has 0 saturated heterocycles. The summed E-state index contributed by atoms with van der Waals surface area (Å²) in [5.74, 6) is -0.458. The van der Waals surface area contributed by atoms with Crippen LogP contribution in [0.15, 0.2) is 18.2 Å². The molecule has 0 amide bonds. The van der Waals surface area contributed by atoms with Crippen molar-refractivity contribution in [1.29, 1.82) is 0 Å². The predicted octanol–water partition coefficient (Wildman–Crippen LogP) is 1.67. The van der Waals surface area contributed by atoms with E-state index in [1.807, 2.05) is 0 Å². The molecule has 1 saturated carbocycles. The van der Waals surface area contributed by atoms with E-state index in [-0.39, 0.29) is 5.78 Å². The van der Waals surface area contributed by atoms with E-state index in [2.05, 4.69) is 0 Å². The summed E-state index contributed by atoms with van der Waals surface area (Å²) < 4.78 is 5.35. The van der Waals surface area contributed by atoms with Crippen LogP contribution in [0.1, 0.15) is 28.8 Å². The molecule has 1 aliphatic heterocycles. The van der Waals surface area contributed by atoms with Gasteiger partial charge in [0.25, 0.3) is 0 Å². The summed E-state index contributed by atoms with van der Waals surface area (Å²) in [6.45, 7) is 0.636. The van der Waals surface area contributed by atoms with E-state index in [9.17, 15) is 9.59 Å². The molecular formula is C13H12O4. The Morgan fingerprint density at radius 3 is 2.71 bits per heavy atom. The lowest BCUT2D eigenvalue weighted by atomic mass is 9.93. The first kappa shape index (κ1) is 10.3. The summed E-state index contributed by atoms with van der Waals surface area (Å²) in [6.07, 6.45) is 1.69. The number of Topliss-reactive ketones (excluding diaryl/α,β-unsaturated/α-hetero) is 1. The van der Waals surface area contributed by atoms with Crippen molar-refractivity contribution >= 4 is 11.8 Å². The molecule has 0 radical (unpaired) electrons. The quantitative estimate of drug-likeness (QED) is 0.636. The largest absolute Gasteiger partial charge is 0.493 e. The van der Waals surface area contributed by atoms with Crippen molar-refractivity contribution in [1.82, 2.24) is 0 Å². The molecule has 1 heterocycles. The molecule has 0 bridgehead atoms. The van der Waals surface area contributed by atoms with Crippen molar-refractivity contribution < 1.29 is 19.4 Å². The fraction of sp³-hybridized carbons (Fsp3) is 0.385. The van der Waals surface area contributed by atoms with Gasteiger partial charge in [0.15, 0.2) is 5.78 Å². The lowest BCUT2D eigenvalue weighted by molar-refractivity contribution is -0.141. The van der Waals surface area contributed by atoms with Gasteiger partial charge in [0.05, 0.1) is 6.61 Å². The van der Waals surface area contributed by atoms with Crippen LogP contribution in [0.5, 0.6) is 5.75 Å². The Morgan fingerprint density at radius 2 is 2.06 bits per heavy atom. The molecule has 17 heavy (non-hydrogen) atoms. The number of benzene rings is 1. The summed E-state index contributed by atoms with van der Waals surface area (Å²) in [7, 11) is 0. The maximum absolute atomic E-state index is 12.1. The van der Waals surface area contributed by atoms with Crippen LogP contribution in [-0.4, -0.2) is 23.5 Å². The van der Waals surface area contributed by atoms with Crippen LogP contribution in [0.4, 0.5) is 0 Å². The normalized spacial score (nSPS) is 19.3. The lowest BCUT2D eigenvalue weighted by Gasteiger charge is -2.09. The van der Waals surface area contributed by atoms with Crippen LogP contribution in [0.2, 0.25) is 0 Å². The van der Waals surface area contributed by atoms with E-state index in [0.717, 1.165) is 17.7 Å². The Hall–Kier alpha value is -1.84. The number of aliphatic carboxylic acids is 1. The standard InChI is InChI=1S/C13H12O4/c14-11(13(4-5-13)12(15)16)9-1-2-10-8(7-9)3-6-17-10/h1-2,7H,3-6H2,(H,15,16). The predicted molar refractivity (Wildman–Crippen MR) is 59.3 cm³/mol. The average molecular weight is 232 g/mol. The third kappa shape index (κ3) is 1.44. The number of carbonyl (C=O) groups is 2. The first-order chi connectivity index (χ1) is 8.13. The van der Waals surface area contributed by atoms with Gasteiger partial charge in [-0.15, -0.1) is 0 Å². The molecule has 1 fully saturated rings. The number of fused-ring (bicyclic) bond motifs is 1. The summed E-state index contributed by atoms with van der Waals surface area (Å²) in [5.41, 5.74) is 0.347. The molecule has 0 aromatic heterocycles. The Morgan fingerprint density at radius 1 is 1.29 bits per heavy atom. The Kier molecular flexibility index (Phi) is 2.02. The van der Waals surface area contributed by atoms with Gasteiger partial charge >= 0.3 is 5.97 Å². The van der Waals surface area contributed by atoms with E-state index in [4.69, 9.17) is 9.84 Å². The van der Waals surface area contributed by atoms with Crippen molar-refractivity contribution in [3.05, 3.63) is 29.3 Å². The van der Waals surface area contributed by atoms with Crippen molar-refractivity contribution in [2.24, 2.45) is 5.41 Å². The van der Waals surface area contributed by atoms with Crippen LogP contribution < -0.4 is 4.74 Å². The first-order valence-corrected chi connectivity index (χ1v) is 5.67. The van der Waals surface area contributed by atoms with Gasteiger partial charge in [-0.1, -0.05) is 0 Å². The van der Waals surface area contributed by atoms with E-state index < -0.39 is 11.4 Å². The van der Waals surface area contributed by atoms with Crippen molar-refractivity contribution in [3.8, 4) is 5.75 Å². The van der Waals surface area contributed by atoms with Crippen molar-refractivity contribution in [2.75, 3.05) is 6.61 Å². The molecule has 4 nitrogen and oxygen atoms in total.